The molecule has 23 heavy (non-hydrogen) atoms. The van der Waals surface area contributed by atoms with Gasteiger partial charge in [-0.05, 0) is 52.2 Å². The van der Waals surface area contributed by atoms with E-state index in [1.807, 2.05) is 20.8 Å². The smallest absolute Gasteiger partial charge is 0.325 e. The van der Waals surface area contributed by atoms with E-state index in [0.29, 0.717) is 18.9 Å². The van der Waals surface area contributed by atoms with Gasteiger partial charge in [0, 0.05) is 5.54 Å². The highest BCUT2D eigenvalue weighted by molar-refractivity contribution is 5.95. The maximum atomic E-state index is 12.8. The highest BCUT2D eigenvalue weighted by atomic mass is 16.5. The van der Waals surface area contributed by atoms with Gasteiger partial charge in [0.05, 0.1) is 19.4 Å². The van der Waals surface area contributed by atoms with Crippen molar-refractivity contribution in [1.29, 1.82) is 0 Å². The Morgan fingerprint density at radius 2 is 2.13 bits per heavy atom. The van der Waals surface area contributed by atoms with Crippen LogP contribution in [0.2, 0.25) is 0 Å². The first-order valence-corrected chi connectivity index (χ1v) is 7.92. The standard InChI is InChI=1S/C17H24N2O4/c1-5-22-15(20)11-19(17(2,3)4)16(21)13-9-12-7-6-8-23-14(12)10-18-13/h9-10H,5-8,11H2,1-4H3. The molecule has 6 heteroatoms. The molecule has 2 heterocycles. The van der Waals surface area contributed by atoms with Crippen molar-refractivity contribution in [2.24, 2.45) is 0 Å². The summed E-state index contributed by atoms with van der Waals surface area (Å²) in [5.41, 5.74) is 0.797. The molecule has 0 atom stereocenters. The van der Waals surface area contributed by atoms with E-state index in [1.54, 1.807) is 19.2 Å². The quantitative estimate of drug-likeness (QED) is 0.796. The van der Waals surface area contributed by atoms with Crippen molar-refractivity contribution in [2.45, 2.75) is 46.1 Å². The van der Waals surface area contributed by atoms with Gasteiger partial charge in [-0.1, -0.05) is 0 Å². The first-order chi connectivity index (χ1) is 10.8. The summed E-state index contributed by atoms with van der Waals surface area (Å²) < 4.78 is 10.5. The Kier molecular flexibility index (Phi) is 5.23. The molecule has 0 spiro atoms. The van der Waals surface area contributed by atoms with E-state index in [1.165, 1.54) is 4.90 Å². The molecule has 0 fully saturated rings. The Balaban J connectivity index is 2.24. The number of fused-ring (bicyclic) bond motifs is 1. The minimum atomic E-state index is -0.516. The Bertz CT molecular complexity index is 593. The molecule has 0 unspecified atom stereocenters. The molecule has 1 aromatic rings. The monoisotopic (exact) mass is 320 g/mol. The molecular weight excluding hydrogens is 296 g/mol. The van der Waals surface area contributed by atoms with Gasteiger partial charge in [0.1, 0.15) is 18.0 Å². The predicted octanol–water partition coefficient (Wildman–Crippen LogP) is 2.21. The number of ether oxygens (including phenoxy) is 2. The molecule has 0 aliphatic carbocycles. The molecule has 1 aliphatic heterocycles. The molecule has 1 amide bonds. The van der Waals surface area contributed by atoms with Crippen molar-refractivity contribution < 1.29 is 19.1 Å². The van der Waals surface area contributed by atoms with Gasteiger partial charge < -0.3 is 14.4 Å². The summed E-state index contributed by atoms with van der Waals surface area (Å²) in [7, 11) is 0. The fraction of sp³-hybridized carbons (Fsp3) is 0.588. The van der Waals surface area contributed by atoms with Crippen LogP contribution in [0.25, 0.3) is 0 Å². The second-order valence-corrected chi connectivity index (χ2v) is 6.50. The summed E-state index contributed by atoms with van der Waals surface area (Å²) in [6, 6.07) is 1.76. The molecule has 0 bridgehead atoms. The number of hydrogen-bond donors (Lipinski definition) is 0. The van der Waals surface area contributed by atoms with Crippen LogP contribution in [0.5, 0.6) is 5.75 Å². The van der Waals surface area contributed by atoms with Gasteiger partial charge in [-0.25, -0.2) is 4.98 Å². The SMILES string of the molecule is CCOC(=O)CN(C(=O)c1cc2c(cn1)OCCC2)C(C)(C)C. The summed E-state index contributed by atoms with van der Waals surface area (Å²) >= 11 is 0. The van der Waals surface area contributed by atoms with Crippen molar-refractivity contribution in [3.63, 3.8) is 0 Å². The third-order valence-corrected chi connectivity index (χ3v) is 3.66. The van der Waals surface area contributed by atoms with E-state index in [9.17, 15) is 9.59 Å². The maximum Gasteiger partial charge on any atom is 0.325 e. The normalized spacial score (nSPS) is 13.7. The number of hydrogen-bond acceptors (Lipinski definition) is 5. The van der Waals surface area contributed by atoms with Crippen molar-refractivity contribution in [3.05, 3.63) is 23.5 Å². The minimum Gasteiger partial charge on any atom is -0.492 e. The van der Waals surface area contributed by atoms with Crippen LogP contribution in [-0.2, 0) is 16.0 Å². The second-order valence-electron chi connectivity index (χ2n) is 6.50. The van der Waals surface area contributed by atoms with Crippen molar-refractivity contribution >= 4 is 11.9 Å². The van der Waals surface area contributed by atoms with Gasteiger partial charge in [0.15, 0.2) is 0 Å². The number of pyridine rings is 1. The van der Waals surface area contributed by atoms with E-state index in [0.717, 1.165) is 24.2 Å². The number of rotatable bonds is 4. The van der Waals surface area contributed by atoms with Crippen LogP contribution in [0.3, 0.4) is 0 Å². The van der Waals surface area contributed by atoms with Crippen LogP contribution in [0.1, 0.15) is 50.2 Å². The van der Waals surface area contributed by atoms with Gasteiger partial charge in [0.2, 0.25) is 0 Å². The van der Waals surface area contributed by atoms with Crippen LogP contribution in [0, 0.1) is 0 Å². The summed E-state index contributed by atoms with van der Waals surface area (Å²) in [4.78, 5) is 30.3. The number of carbonyl (C=O) groups is 2. The number of esters is 1. The fourth-order valence-corrected chi connectivity index (χ4v) is 2.46. The molecule has 0 saturated heterocycles. The highest BCUT2D eigenvalue weighted by Crippen LogP contribution is 2.25. The largest absolute Gasteiger partial charge is 0.492 e. The average Bonchev–Trinajstić information content (AvgIpc) is 2.50. The van der Waals surface area contributed by atoms with E-state index in [-0.39, 0.29) is 12.5 Å². The first-order valence-electron chi connectivity index (χ1n) is 7.92. The average molecular weight is 320 g/mol. The van der Waals surface area contributed by atoms with Crippen molar-refractivity contribution in [2.75, 3.05) is 19.8 Å². The molecule has 126 valence electrons. The van der Waals surface area contributed by atoms with Crippen LogP contribution in [0.4, 0.5) is 0 Å². The molecule has 0 saturated carbocycles. The summed E-state index contributed by atoms with van der Waals surface area (Å²) in [5, 5.41) is 0. The molecule has 6 nitrogen and oxygen atoms in total. The zero-order valence-electron chi connectivity index (χ0n) is 14.2. The Morgan fingerprint density at radius 1 is 1.39 bits per heavy atom. The number of nitrogens with zero attached hydrogens (tertiary/aromatic N) is 2. The molecule has 0 N–H and O–H groups in total. The topological polar surface area (TPSA) is 68.7 Å². The van der Waals surface area contributed by atoms with E-state index in [2.05, 4.69) is 4.98 Å². The van der Waals surface area contributed by atoms with Gasteiger partial charge in [-0.2, -0.15) is 0 Å². The Hall–Kier alpha value is -2.11. The zero-order chi connectivity index (χ0) is 17.0. The first kappa shape index (κ1) is 17.2. The number of carbonyl (C=O) groups excluding carboxylic acids is 2. The summed E-state index contributed by atoms with van der Waals surface area (Å²) in [5.74, 6) is 0.0384. The van der Waals surface area contributed by atoms with Gasteiger partial charge in [-0.3, -0.25) is 9.59 Å². The number of amides is 1. The Labute approximate surface area is 136 Å². The molecule has 1 aliphatic rings. The molecular formula is C17H24N2O4. The number of aryl methyl sites for hydroxylation is 1. The summed E-state index contributed by atoms with van der Waals surface area (Å²) in [6.07, 6.45) is 3.38. The Morgan fingerprint density at radius 3 is 2.78 bits per heavy atom. The third kappa shape index (κ3) is 4.21. The van der Waals surface area contributed by atoms with Crippen molar-refractivity contribution in [3.8, 4) is 5.75 Å². The van der Waals surface area contributed by atoms with E-state index < -0.39 is 11.5 Å². The third-order valence-electron chi connectivity index (χ3n) is 3.66. The molecule has 2 rings (SSSR count). The van der Waals surface area contributed by atoms with Gasteiger partial charge in [-0.15, -0.1) is 0 Å². The lowest BCUT2D eigenvalue weighted by Gasteiger charge is -2.34. The van der Waals surface area contributed by atoms with Gasteiger partial charge in [0.25, 0.3) is 5.91 Å². The van der Waals surface area contributed by atoms with Crippen LogP contribution >= 0.6 is 0 Å². The van der Waals surface area contributed by atoms with Gasteiger partial charge >= 0.3 is 5.97 Å². The lowest BCUT2D eigenvalue weighted by Crippen LogP contribution is -2.48. The summed E-state index contributed by atoms with van der Waals surface area (Å²) in [6.45, 7) is 8.26. The second kappa shape index (κ2) is 6.98. The van der Waals surface area contributed by atoms with Crippen molar-refractivity contribution in [1.82, 2.24) is 9.88 Å². The minimum absolute atomic E-state index is 0.0918. The zero-order valence-corrected chi connectivity index (χ0v) is 14.2. The molecule has 1 aromatic heterocycles. The fourth-order valence-electron chi connectivity index (χ4n) is 2.46. The van der Waals surface area contributed by atoms with E-state index >= 15 is 0 Å². The lowest BCUT2D eigenvalue weighted by molar-refractivity contribution is -0.144. The number of aromatic nitrogens is 1. The lowest BCUT2D eigenvalue weighted by atomic mass is 10.0. The maximum absolute atomic E-state index is 12.8. The molecule has 0 radical (unpaired) electrons. The van der Waals surface area contributed by atoms with Crippen LogP contribution < -0.4 is 4.74 Å². The van der Waals surface area contributed by atoms with Crippen LogP contribution in [-0.4, -0.2) is 47.1 Å². The molecule has 0 aromatic carbocycles. The predicted molar refractivity (Wildman–Crippen MR) is 85.5 cm³/mol. The highest BCUT2D eigenvalue weighted by Gasteiger charge is 2.31. The van der Waals surface area contributed by atoms with E-state index in [4.69, 9.17) is 9.47 Å². The van der Waals surface area contributed by atoms with Crippen LogP contribution in [0.15, 0.2) is 12.3 Å².